The van der Waals surface area contributed by atoms with E-state index in [1.165, 1.54) is 64.3 Å². The van der Waals surface area contributed by atoms with Gasteiger partial charge in [0.05, 0.1) is 0 Å². The molecule has 3 amide bonds. The number of fused-ring (bicyclic) bond motifs is 1. The maximum atomic E-state index is 13.0. The Bertz CT molecular complexity index is 1020. The van der Waals surface area contributed by atoms with Crippen molar-refractivity contribution >= 4 is 23.4 Å². The van der Waals surface area contributed by atoms with Gasteiger partial charge in [-0.3, -0.25) is 19.7 Å². The number of anilines is 1. The first kappa shape index (κ1) is 24.9. The zero-order valence-electron chi connectivity index (χ0n) is 22.0. The molecule has 1 saturated heterocycles. The highest BCUT2D eigenvalue weighted by molar-refractivity contribution is 6.06. The van der Waals surface area contributed by atoms with Gasteiger partial charge in [-0.05, 0) is 99.6 Å². The molecule has 0 radical (unpaired) electrons. The van der Waals surface area contributed by atoms with Crippen molar-refractivity contribution in [3.05, 3.63) is 29.3 Å². The summed E-state index contributed by atoms with van der Waals surface area (Å²) in [5, 5.41) is 9.74. The van der Waals surface area contributed by atoms with Crippen LogP contribution in [0.5, 0.6) is 0 Å². The topological polar surface area (TPSA) is 90.5 Å². The molecule has 6 aliphatic rings. The van der Waals surface area contributed by atoms with Gasteiger partial charge in [-0.1, -0.05) is 18.9 Å². The zero-order valence-corrected chi connectivity index (χ0v) is 22.0. The number of unbranched alkanes of at least 4 members (excludes halogenated alkanes) is 3. The van der Waals surface area contributed by atoms with Crippen LogP contribution in [-0.4, -0.2) is 48.3 Å². The lowest BCUT2D eigenvalue weighted by Crippen LogP contribution is -2.52. The third-order valence-electron chi connectivity index (χ3n) is 9.84. The minimum Gasteiger partial charge on any atom is -0.385 e. The van der Waals surface area contributed by atoms with E-state index in [-0.39, 0.29) is 24.1 Å². The van der Waals surface area contributed by atoms with E-state index in [0.717, 1.165) is 48.5 Å². The fraction of sp³-hybridized carbons (Fsp3) is 0.700. The number of amides is 3. The lowest BCUT2D eigenvalue weighted by atomic mass is 9.49. The maximum absolute atomic E-state index is 13.0. The summed E-state index contributed by atoms with van der Waals surface area (Å²) in [5.41, 5.74) is 3.24. The molecule has 4 aliphatic carbocycles. The molecule has 37 heavy (non-hydrogen) atoms. The van der Waals surface area contributed by atoms with Crippen LogP contribution in [0.2, 0.25) is 0 Å². The number of hydrogen-bond donors (Lipinski definition) is 3. The highest BCUT2D eigenvalue weighted by Gasteiger charge is 2.50. The predicted molar refractivity (Wildman–Crippen MR) is 143 cm³/mol. The molecule has 1 unspecified atom stereocenters. The monoisotopic (exact) mass is 506 g/mol. The van der Waals surface area contributed by atoms with Gasteiger partial charge in [-0.2, -0.15) is 0 Å². The van der Waals surface area contributed by atoms with Crippen LogP contribution in [-0.2, 0) is 16.1 Å². The van der Waals surface area contributed by atoms with E-state index in [0.29, 0.717) is 23.9 Å². The summed E-state index contributed by atoms with van der Waals surface area (Å²) in [7, 11) is 0. The van der Waals surface area contributed by atoms with Gasteiger partial charge < -0.3 is 15.5 Å². The number of imide groups is 1. The number of rotatable bonds is 11. The van der Waals surface area contributed by atoms with Gasteiger partial charge in [-0.15, -0.1) is 0 Å². The zero-order chi connectivity index (χ0) is 25.4. The molecule has 2 heterocycles. The second kappa shape index (κ2) is 10.4. The van der Waals surface area contributed by atoms with Gasteiger partial charge in [0.2, 0.25) is 11.8 Å². The second-order valence-electron chi connectivity index (χ2n) is 12.7. The molecule has 2 aliphatic heterocycles. The molecular weight excluding hydrogens is 464 g/mol. The summed E-state index contributed by atoms with van der Waals surface area (Å²) in [6, 6.07) is 5.20. The molecule has 4 bridgehead atoms. The molecular formula is C30H42N4O3. The van der Waals surface area contributed by atoms with Gasteiger partial charge in [0.15, 0.2) is 0 Å². The molecule has 1 aromatic carbocycles. The molecule has 1 aromatic rings. The van der Waals surface area contributed by atoms with Crippen LogP contribution in [0.1, 0.15) is 93.0 Å². The second-order valence-corrected chi connectivity index (χ2v) is 12.7. The van der Waals surface area contributed by atoms with Crippen molar-refractivity contribution in [2.45, 2.75) is 89.6 Å². The van der Waals surface area contributed by atoms with Gasteiger partial charge in [0.25, 0.3) is 5.91 Å². The van der Waals surface area contributed by atoms with E-state index < -0.39 is 6.04 Å². The molecule has 4 saturated carbocycles. The highest BCUT2D eigenvalue weighted by atomic mass is 16.2. The Hall–Kier alpha value is -2.41. The molecule has 1 atom stereocenters. The maximum Gasteiger partial charge on any atom is 0.255 e. The summed E-state index contributed by atoms with van der Waals surface area (Å²) in [6.45, 7) is 3.67. The van der Waals surface area contributed by atoms with E-state index in [2.05, 4.69) is 16.0 Å². The largest absolute Gasteiger partial charge is 0.385 e. The van der Waals surface area contributed by atoms with Crippen molar-refractivity contribution in [2.24, 2.45) is 23.2 Å². The van der Waals surface area contributed by atoms with Crippen LogP contribution in [0.3, 0.4) is 0 Å². The number of nitrogens with zero attached hydrogens (tertiary/aromatic N) is 1. The Morgan fingerprint density at radius 3 is 2.32 bits per heavy atom. The van der Waals surface area contributed by atoms with E-state index in [1.807, 2.05) is 18.2 Å². The average molecular weight is 507 g/mol. The lowest BCUT2D eigenvalue weighted by Gasteiger charge is -2.57. The van der Waals surface area contributed by atoms with Crippen LogP contribution < -0.4 is 16.0 Å². The van der Waals surface area contributed by atoms with Gasteiger partial charge in [-0.25, -0.2) is 0 Å². The lowest BCUT2D eigenvalue weighted by molar-refractivity contribution is -0.136. The van der Waals surface area contributed by atoms with Gasteiger partial charge in [0, 0.05) is 42.9 Å². The Morgan fingerprint density at radius 1 is 0.919 bits per heavy atom. The molecule has 0 aromatic heterocycles. The van der Waals surface area contributed by atoms with Gasteiger partial charge >= 0.3 is 0 Å². The van der Waals surface area contributed by atoms with Crippen molar-refractivity contribution in [3.63, 3.8) is 0 Å². The summed E-state index contributed by atoms with van der Waals surface area (Å²) in [6.07, 6.45) is 14.5. The fourth-order valence-electron chi connectivity index (χ4n) is 8.56. The van der Waals surface area contributed by atoms with Crippen LogP contribution in [0.15, 0.2) is 18.2 Å². The van der Waals surface area contributed by atoms with Gasteiger partial charge in [0.1, 0.15) is 6.04 Å². The normalized spacial score (nSPS) is 32.1. The Kier molecular flexibility index (Phi) is 6.99. The SMILES string of the molecule is O=C1CCC(N2Cc3c(NCCCCCCNCC45CC6CC(CC(C6)C4)C5)cccc3C2=O)C(=O)N1. The average Bonchev–Trinajstić information content (AvgIpc) is 3.19. The van der Waals surface area contributed by atoms with E-state index >= 15 is 0 Å². The van der Waals surface area contributed by atoms with E-state index in [1.54, 1.807) is 4.90 Å². The Labute approximate surface area is 220 Å². The predicted octanol–water partition coefficient (Wildman–Crippen LogP) is 4.23. The third-order valence-corrected chi connectivity index (χ3v) is 9.84. The molecule has 7 nitrogen and oxygen atoms in total. The van der Waals surface area contributed by atoms with Crippen molar-refractivity contribution in [1.82, 2.24) is 15.5 Å². The van der Waals surface area contributed by atoms with Crippen LogP contribution in [0, 0.1) is 23.2 Å². The summed E-state index contributed by atoms with van der Waals surface area (Å²) >= 11 is 0. The number of hydrogen-bond acceptors (Lipinski definition) is 5. The molecule has 7 rings (SSSR count). The van der Waals surface area contributed by atoms with Crippen LogP contribution in [0.25, 0.3) is 0 Å². The molecule has 3 N–H and O–H groups in total. The Balaban J connectivity index is 0.896. The van der Waals surface area contributed by atoms with Crippen molar-refractivity contribution < 1.29 is 14.4 Å². The number of carbonyl (C=O) groups excluding carboxylic acids is 3. The molecule has 200 valence electrons. The number of carbonyl (C=O) groups is 3. The van der Waals surface area contributed by atoms with E-state index in [9.17, 15) is 14.4 Å². The standard InChI is InChI=1S/C30H42N4O3/c35-27-9-8-26(28(36)33-27)34-18-24-23(29(34)37)6-5-7-25(24)32-11-4-2-1-3-10-31-19-30-15-20-12-21(16-30)14-22(13-20)17-30/h5-7,20-22,26,31-32H,1-4,8-19H2,(H,33,35,36). The summed E-state index contributed by atoms with van der Waals surface area (Å²) in [4.78, 5) is 38.4. The van der Waals surface area contributed by atoms with Crippen LogP contribution in [0.4, 0.5) is 5.69 Å². The minimum atomic E-state index is -0.568. The van der Waals surface area contributed by atoms with Crippen molar-refractivity contribution in [2.75, 3.05) is 25.0 Å². The summed E-state index contributed by atoms with van der Waals surface area (Å²) < 4.78 is 0. The molecule has 5 fully saturated rings. The number of benzene rings is 1. The first-order valence-electron chi connectivity index (χ1n) is 14.7. The minimum absolute atomic E-state index is 0.116. The smallest absolute Gasteiger partial charge is 0.255 e. The fourth-order valence-corrected chi connectivity index (χ4v) is 8.56. The first-order valence-corrected chi connectivity index (χ1v) is 14.7. The molecule has 7 heteroatoms. The first-order chi connectivity index (χ1) is 18.0. The van der Waals surface area contributed by atoms with Crippen LogP contribution >= 0.6 is 0 Å². The van der Waals surface area contributed by atoms with E-state index in [4.69, 9.17) is 0 Å². The highest BCUT2D eigenvalue weighted by Crippen LogP contribution is 2.59. The number of nitrogens with one attached hydrogen (secondary N) is 3. The quantitative estimate of drug-likeness (QED) is 0.309. The summed E-state index contributed by atoms with van der Waals surface area (Å²) in [5.74, 6) is 2.36. The molecule has 0 spiro atoms. The van der Waals surface area contributed by atoms with Crippen molar-refractivity contribution in [1.29, 1.82) is 0 Å². The third kappa shape index (κ3) is 5.16. The van der Waals surface area contributed by atoms with Crippen molar-refractivity contribution in [3.8, 4) is 0 Å². The number of piperidine rings is 1. The Morgan fingerprint density at radius 2 is 1.62 bits per heavy atom.